The van der Waals surface area contributed by atoms with E-state index in [0.717, 1.165) is 5.56 Å². The lowest BCUT2D eigenvalue weighted by Crippen LogP contribution is -2.27. The Kier molecular flexibility index (Phi) is 6.14. The van der Waals surface area contributed by atoms with Gasteiger partial charge in [0.15, 0.2) is 11.7 Å². The molecule has 24 heavy (non-hydrogen) atoms. The molecule has 1 unspecified atom stereocenters. The lowest BCUT2D eigenvalue weighted by Gasteiger charge is -2.09. The average Bonchev–Trinajstić information content (AvgIpc) is 2.57. The van der Waals surface area contributed by atoms with E-state index in [2.05, 4.69) is 5.32 Å². The number of ketones is 1. The van der Waals surface area contributed by atoms with Crippen LogP contribution in [0.15, 0.2) is 54.6 Å². The molecule has 0 aliphatic rings. The van der Waals surface area contributed by atoms with Gasteiger partial charge in [-0.2, -0.15) is 5.26 Å². The highest BCUT2D eigenvalue weighted by Gasteiger charge is 2.25. The highest BCUT2D eigenvalue weighted by atomic mass is 35.5. The predicted molar refractivity (Wildman–Crippen MR) is 94.7 cm³/mol. The van der Waals surface area contributed by atoms with Crippen LogP contribution in [0.1, 0.15) is 5.56 Å². The molecule has 1 N–H and O–H groups in total. The van der Waals surface area contributed by atoms with Gasteiger partial charge in [-0.25, -0.2) is 0 Å². The molecule has 0 heterocycles. The third kappa shape index (κ3) is 4.69. The largest absolute Gasteiger partial charge is 0.323 e. The minimum absolute atomic E-state index is 0.222. The van der Waals surface area contributed by atoms with Crippen LogP contribution < -0.4 is 5.32 Å². The van der Waals surface area contributed by atoms with E-state index in [0.29, 0.717) is 5.02 Å². The predicted octanol–water partition coefficient (Wildman–Crippen LogP) is 4.35. The molecule has 0 saturated heterocycles. The zero-order chi connectivity index (χ0) is 17.5. The Labute approximate surface area is 149 Å². The van der Waals surface area contributed by atoms with Crippen LogP contribution in [0, 0.1) is 17.2 Å². The fraction of sp³-hybridized carbons (Fsp3) is 0.0556. The van der Waals surface area contributed by atoms with Gasteiger partial charge in [0.2, 0.25) is 5.91 Å². The molecule has 0 fully saturated rings. The van der Waals surface area contributed by atoms with Gasteiger partial charge in [-0.15, -0.1) is 0 Å². The minimum Gasteiger partial charge on any atom is -0.323 e. The first-order valence-electron chi connectivity index (χ1n) is 6.94. The van der Waals surface area contributed by atoms with E-state index in [9.17, 15) is 9.59 Å². The first kappa shape index (κ1) is 17.7. The number of benzene rings is 2. The molecule has 0 aliphatic carbocycles. The van der Waals surface area contributed by atoms with Crippen molar-refractivity contribution >= 4 is 46.7 Å². The van der Waals surface area contributed by atoms with E-state index in [4.69, 9.17) is 28.5 Å². The number of allylic oxidation sites excluding steroid dienone is 1. The van der Waals surface area contributed by atoms with Gasteiger partial charge in [0.1, 0.15) is 0 Å². The number of nitrogens with zero attached hydrogens (tertiary/aromatic N) is 1. The van der Waals surface area contributed by atoms with Crippen LogP contribution in [0.2, 0.25) is 10.0 Å². The maximum absolute atomic E-state index is 12.2. The quantitative estimate of drug-likeness (QED) is 0.637. The molecule has 4 nitrogen and oxygen atoms in total. The highest BCUT2D eigenvalue weighted by molar-refractivity contribution is 6.36. The number of nitrogens with one attached hydrogen (secondary N) is 1. The van der Waals surface area contributed by atoms with Crippen LogP contribution in [0.3, 0.4) is 0 Å². The van der Waals surface area contributed by atoms with Crippen molar-refractivity contribution in [3.63, 3.8) is 0 Å². The lowest BCUT2D eigenvalue weighted by molar-refractivity contribution is -0.126. The Hall–Kier alpha value is -2.61. The molecule has 0 aliphatic heterocycles. The summed E-state index contributed by atoms with van der Waals surface area (Å²) in [4.78, 5) is 24.2. The van der Waals surface area contributed by atoms with Crippen molar-refractivity contribution in [2.24, 2.45) is 5.92 Å². The van der Waals surface area contributed by atoms with Crippen molar-refractivity contribution < 1.29 is 9.59 Å². The number of amides is 1. The molecule has 0 saturated carbocycles. The van der Waals surface area contributed by atoms with Crippen LogP contribution in [-0.4, -0.2) is 11.7 Å². The third-order valence-corrected chi connectivity index (χ3v) is 3.65. The Morgan fingerprint density at radius 2 is 1.83 bits per heavy atom. The Morgan fingerprint density at radius 3 is 2.46 bits per heavy atom. The third-order valence-electron chi connectivity index (χ3n) is 3.10. The first-order valence-corrected chi connectivity index (χ1v) is 7.69. The number of rotatable bonds is 5. The van der Waals surface area contributed by atoms with Crippen molar-refractivity contribution in [1.82, 2.24) is 0 Å². The molecular weight excluding hydrogens is 347 g/mol. The van der Waals surface area contributed by atoms with Crippen molar-refractivity contribution in [1.29, 1.82) is 5.26 Å². The summed E-state index contributed by atoms with van der Waals surface area (Å²) in [6.07, 6.45) is 2.77. The average molecular weight is 359 g/mol. The number of halogens is 2. The van der Waals surface area contributed by atoms with Gasteiger partial charge in [-0.1, -0.05) is 59.6 Å². The maximum atomic E-state index is 12.2. The van der Waals surface area contributed by atoms with Crippen molar-refractivity contribution in [3.05, 3.63) is 70.2 Å². The van der Waals surface area contributed by atoms with Crippen LogP contribution in [0.4, 0.5) is 5.69 Å². The summed E-state index contributed by atoms with van der Waals surface area (Å²) in [5.74, 6) is -2.81. The standard InChI is InChI=1S/C18H12Cl2N2O2/c19-13-7-8-16(15(20)10-13)22-18(24)14(11-21)17(23)9-6-12-4-2-1-3-5-12/h1-10,14H,(H,22,24)/b9-6+. The number of hydrogen-bond acceptors (Lipinski definition) is 3. The monoisotopic (exact) mass is 358 g/mol. The molecule has 6 heteroatoms. The van der Waals surface area contributed by atoms with Crippen LogP contribution >= 0.6 is 23.2 Å². The number of anilines is 1. The number of nitriles is 1. The minimum atomic E-state index is -1.46. The summed E-state index contributed by atoms with van der Waals surface area (Å²) in [5.41, 5.74) is 1.08. The van der Waals surface area contributed by atoms with Crippen LogP contribution in [-0.2, 0) is 9.59 Å². The highest BCUT2D eigenvalue weighted by Crippen LogP contribution is 2.25. The molecular formula is C18H12Cl2N2O2. The van der Waals surface area contributed by atoms with Gasteiger partial charge in [0, 0.05) is 5.02 Å². The smallest absolute Gasteiger partial charge is 0.249 e. The van der Waals surface area contributed by atoms with Gasteiger partial charge in [0.25, 0.3) is 0 Å². The van der Waals surface area contributed by atoms with E-state index in [1.165, 1.54) is 18.2 Å². The number of carbonyl (C=O) groups excluding carboxylic acids is 2. The topological polar surface area (TPSA) is 70.0 Å². The van der Waals surface area contributed by atoms with Crippen molar-refractivity contribution in [2.75, 3.05) is 5.32 Å². The Balaban J connectivity index is 2.09. The Bertz CT molecular complexity index is 827. The van der Waals surface area contributed by atoms with Crippen LogP contribution in [0.5, 0.6) is 0 Å². The zero-order valence-electron chi connectivity index (χ0n) is 12.4. The lowest BCUT2D eigenvalue weighted by atomic mass is 10.0. The first-order chi connectivity index (χ1) is 11.5. The zero-order valence-corrected chi connectivity index (χ0v) is 13.9. The number of carbonyl (C=O) groups is 2. The fourth-order valence-electron chi connectivity index (χ4n) is 1.89. The van der Waals surface area contributed by atoms with E-state index < -0.39 is 17.6 Å². The van der Waals surface area contributed by atoms with Gasteiger partial charge in [0.05, 0.1) is 16.8 Å². The summed E-state index contributed by atoms with van der Waals surface area (Å²) < 4.78 is 0. The van der Waals surface area contributed by atoms with Crippen molar-refractivity contribution in [3.8, 4) is 6.07 Å². The SMILES string of the molecule is N#CC(C(=O)/C=C/c1ccccc1)C(=O)Nc1ccc(Cl)cc1Cl. The second-order valence-corrected chi connectivity index (χ2v) is 5.67. The Morgan fingerprint density at radius 1 is 1.12 bits per heavy atom. The van der Waals surface area contributed by atoms with E-state index in [1.807, 2.05) is 18.2 Å². The molecule has 120 valence electrons. The molecule has 1 amide bonds. The molecule has 0 bridgehead atoms. The summed E-state index contributed by atoms with van der Waals surface area (Å²) in [5, 5.41) is 12.2. The molecule has 0 aromatic heterocycles. The van der Waals surface area contributed by atoms with E-state index in [-0.39, 0.29) is 10.7 Å². The van der Waals surface area contributed by atoms with Gasteiger partial charge >= 0.3 is 0 Å². The molecule has 2 aromatic carbocycles. The molecule has 0 spiro atoms. The summed E-state index contributed by atoms with van der Waals surface area (Å²) in [7, 11) is 0. The van der Waals surface area contributed by atoms with E-state index in [1.54, 1.807) is 30.3 Å². The van der Waals surface area contributed by atoms with Gasteiger partial charge in [-0.3, -0.25) is 9.59 Å². The second kappa shape index (κ2) is 8.30. The second-order valence-electron chi connectivity index (χ2n) is 4.82. The summed E-state index contributed by atoms with van der Waals surface area (Å²) in [6, 6.07) is 15.3. The fourth-order valence-corrected chi connectivity index (χ4v) is 2.34. The maximum Gasteiger partial charge on any atom is 0.249 e. The molecule has 0 radical (unpaired) electrons. The summed E-state index contributed by atoms with van der Waals surface area (Å²) in [6.45, 7) is 0. The van der Waals surface area contributed by atoms with Crippen LogP contribution in [0.25, 0.3) is 6.08 Å². The normalized spacial score (nSPS) is 11.7. The molecule has 2 aromatic rings. The van der Waals surface area contributed by atoms with E-state index >= 15 is 0 Å². The van der Waals surface area contributed by atoms with Gasteiger partial charge < -0.3 is 5.32 Å². The summed E-state index contributed by atoms with van der Waals surface area (Å²) >= 11 is 11.7. The molecule has 1 atom stereocenters. The van der Waals surface area contributed by atoms with Gasteiger partial charge in [-0.05, 0) is 29.8 Å². The number of hydrogen-bond donors (Lipinski definition) is 1. The van der Waals surface area contributed by atoms with Crippen molar-refractivity contribution in [2.45, 2.75) is 0 Å². The molecule has 2 rings (SSSR count).